The number of ether oxygens (including phenoxy) is 1. The second kappa shape index (κ2) is 7.49. The molecule has 0 aromatic carbocycles. The molecule has 7 nitrogen and oxygen atoms in total. The van der Waals surface area contributed by atoms with Crippen molar-refractivity contribution >= 4 is 29.2 Å². The van der Waals surface area contributed by atoms with Crippen LogP contribution in [0.5, 0.6) is 5.75 Å². The van der Waals surface area contributed by atoms with Crippen LogP contribution in [-0.2, 0) is 11.2 Å². The molecule has 0 bridgehead atoms. The van der Waals surface area contributed by atoms with E-state index in [9.17, 15) is 14.4 Å². The number of imide groups is 1. The van der Waals surface area contributed by atoms with Gasteiger partial charge in [0, 0.05) is 11.4 Å². The summed E-state index contributed by atoms with van der Waals surface area (Å²) in [5.41, 5.74) is 0. The number of aryl methyl sites for hydroxylation is 1. The van der Waals surface area contributed by atoms with Crippen LogP contribution in [0.25, 0.3) is 0 Å². The molecule has 1 heterocycles. The predicted octanol–water partition coefficient (Wildman–Crippen LogP) is 1.23. The van der Waals surface area contributed by atoms with Crippen molar-refractivity contribution in [3.05, 3.63) is 15.8 Å². The van der Waals surface area contributed by atoms with Gasteiger partial charge in [-0.1, -0.05) is 6.92 Å². The molecule has 1 rings (SSSR count). The summed E-state index contributed by atoms with van der Waals surface area (Å²) in [7, 11) is 0. The lowest BCUT2D eigenvalue weighted by molar-refractivity contribution is -0.122. The maximum Gasteiger partial charge on any atom is 0.349 e. The summed E-state index contributed by atoms with van der Waals surface area (Å²) in [5, 5.41) is 13.5. The van der Waals surface area contributed by atoms with Gasteiger partial charge in [0.1, 0.15) is 5.75 Å². The number of urea groups is 1. The molecule has 1 aromatic rings. The normalized spacial score (nSPS) is 9.90. The van der Waals surface area contributed by atoms with Gasteiger partial charge >= 0.3 is 12.0 Å². The second-order valence-electron chi connectivity index (χ2n) is 3.76. The van der Waals surface area contributed by atoms with Gasteiger partial charge in [-0.05, 0) is 19.4 Å². The Morgan fingerprint density at radius 1 is 1.35 bits per heavy atom. The van der Waals surface area contributed by atoms with Crippen molar-refractivity contribution in [2.24, 2.45) is 0 Å². The third kappa shape index (κ3) is 4.54. The van der Waals surface area contributed by atoms with E-state index in [-0.39, 0.29) is 10.6 Å². The molecule has 0 unspecified atom stereocenters. The Morgan fingerprint density at radius 2 is 2.05 bits per heavy atom. The van der Waals surface area contributed by atoms with E-state index in [0.29, 0.717) is 13.0 Å². The summed E-state index contributed by atoms with van der Waals surface area (Å²) >= 11 is 1.11. The maximum absolute atomic E-state index is 11.4. The van der Waals surface area contributed by atoms with Gasteiger partial charge in [0.2, 0.25) is 0 Å². The lowest BCUT2D eigenvalue weighted by atomic mass is 10.3. The Bertz CT molecular complexity index is 512. The smallest absolute Gasteiger partial charge is 0.349 e. The number of amides is 3. The Morgan fingerprint density at radius 3 is 2.60 bits per heavy atom. The Balaban J connectivity index is 2.61. The van der Waals surface area contributed by atoms with E-state index in [4.69, 9.17) is 9.84 Å². The van der Waals surface area contributed by atoms with Crippen LogP contribution in [0.2, 0.25) is 0 Å². The number of aromatic carboxylic acids is 1. The van der Waals surface area contributed by atoms with Crippen LogP contribution in [-0.4, -0.2) is 36.2 Å². The predicted molar refractivity (Wildman–Crippen MR) is 73.4 cm³/mol. The highest BCUT2D eigenvalue weighted by Crippen LogP contribution is 2.29. The summed E-state index contributed by atoms with van der Waals surface area (Å²) in [6.07, 6.45) is 0.680. The molecule has 8 heteroatoms. The van der Waals surface area contributed by atoms with Crippen molar-refractivity contribution in [1.82, 2.24) is 10.6 Å². The van der Waals surface area contributed by atoms with E-state index in [1.165, 1.54) is 0 Å². The number of rotatable bonds is 6. The molecule has 3 amide bonds. The van der Waals surface area contributed by atoms with Crippen molar-refractivity contribution in [3.63, 3.8) is 0 Å². The molecule has 0 spiro atoms. The van der Waals surface area contributed by atoms with Crippen LogP contribution in [0, 0.1) is 0 Å². The number of hydrogen-bond donors (Lipinski definition) is 3. The Labute approximate surface area is 119 Å². The molecule has 0 fully saturated rings. The lowest BCUT2D eigenvalue weighted by Crippen LogP contribution is -2.41. The number of nitrogens with one attached hydrogen (secondary N) is 2. The quantitative estimate of drug-likeness (QED) is 0.733. The van der Waals surface area contributed by atoms with Crippen molar-refractivity contribution < 1.29 is 24.2 Å². The first kappa shape index (κ1) is 16.0. The molecule has 0 saturated heterocycles. The van der Waals surface area contributed by atoms with Gasteiger partial charge in [0.25, 0.3) is 5.91 Å². The van der Waals surface area contributed by atoms with Crippen LogP contribution in [0.3, 0.4) is 0 Å². The van der Waals surface area contributed by atoms with Crippen LogP contribution in [0.15, 0.2) is 6.07 Å². The van der Waals surface area contributed by atoms with E-state index >= 15 is 0 Å². The summed E-state index contributed by atoms with van der Waals surface area (Å²) in [6, 6.07) is 0.979. The fraction of sp³-hybridized carbons (Fsp3) is 0.417. The van der Waals surface area contributed by atoms with E-state index in [1.54, 1.807) is 13.0 Å². The molecular weight excluding hydrogens is 284 g/mol. The van der Waals surface area contributed by atoms with Gasteiger partial charge < -0.3 is 15.2 Å². The number of carbonyl (C=O) groups excluding carboxylic acids is 2. The number of carbonyl (C=O) groups is 3. The fourth-order valence-electron chi connectivity index (χ4n) is 1.36. The van der Waals surface area contributed by atoms with Crippen molar-refractivity contribution in [1.29, 1.82) is 0 Å². The molecule has 0 radical (unpaired) electrons. The molecule has 110 valence electrons. The second-order valence-corrected chi connectivity index (χ2v) is 4.90. The molecule has 1 aromatic heterocycles. The van der Waals surface area contributed by atoms with Gasteiger partial charge in [-0.15, -0.1) is 11.3 Å². The van der Waals surface area contributed by atoms with E-state index in [2.05, 4.69) is 10.6 Å². The van der Waals surface area contributed by atoms with Gasteiger partial charge in [-0.2, -0.15) is 0 Å². The van der Waals surface area contributed by atoms with Gasteiger partial charge in [-0.25, -0.2) is 9.59 Å². The summed E-state index contributed by atoms with van der Waals surface area (Å²) in [4.78, 5) is 34.4. The average Bonchev–Trinajstić information content (AvgIpc) is 2.80. The largest absolute Gasteiger partial charge is 0.482 e. The lowest BCUT2D eigenvalue weighted by Gasteiger charge is -2.06. The van der Waals surface area contributed by atoms with Gasteiger partial charge in [0.05, 0.1) is 0 Å². The molecule has 0 saturated carbocycles. The third-order valence-electron chi connectivity index (χ3n) is 2.24. The van der Waals surface area contributed by atoms with Crippen LogP contribution >= 0.6 is 11.3 Å². The Hall–Kier alpha value is -2.09. The molecule has 0 atom stereocenters. The molecule has 0 aliphatic heterocycles. The minimum atomic E-state index is -1.10. The summed E-state index contributed by atoms with van der Waals surface area (Å²) in [5.74, 6) is -1.60. The third-order valence-corrected chi connectivity index (χ3v) is 3.49. The van der Waals surface area contributed by atoms with Crippen molar-refractivity contribution in [2.75, 3.05) is 13.2 Å². The fourth-order valence-corrected chi connectivity index (χ4v) is 2.24. The van der Waals surface area contributed by atoms with Crippen LogP contribution in [0.4, 0.5) is 4.79 Å². The van der Waals surface area contributed by atoms with E-state index in [0.717, 1.165) is 16.2 Å². The van der Waals surface area contributed by atoms with Gasteiger partial charge in [0.15, 0.2) is 11.5 Å². The zero-order valence-electron chi connectivity index (χ0n) is 11.2. The SMILES string of the molecule is CCNC(=O)NC(=O)COc1cc(CC)sc1C(=O)O. The van der Waals surface area contributed by atoms with Crippen molar-refractivity contribution in [3.8, 4) is 5.75 Å². The molecular formula is C12H16N2O5S. The van der Waals surface area contributed by atoms with Crippen LogP contribution in [0.1, 0.15) is 28.4 Å². The standard InChI is InChI=1S/C12H16N2O5S/c1-3-7-5-8(10(20-7)11(16)17)19-6-9(15)14-12(18)13-4-2/h5H,3-4,6H2,1-2H3,(H,16,17)(H2,13,14,15,18). The minimum Gasteiger partial charge on any atom is -0.482 e. The summed E-state index contributed by atoms with van der Waals surface area (Å²) < 4.78 is 5.16. The van der Waals surface area contributed by atoms with Crippen molar-refractivity contribution in [2.45, 2.75) is 20.3 Å². The zero-order chi connectivity index (χ0) is 15.1. The average molecular weight is 300 g/mol. The number of carboxylic acid groups (broad SMARTS) is 1. The first-order valence-corrected chi connectivity index (χ1v) is 6.86. The topological polar surface area (TPSA) is 105 Å². The first-order chi connectivity index (χ1) is 9.47. The zero-order valence-corrected chi connectivity index (χ0v) is 12.0. The van der Waals surface area contributed by atoms with E-state index < -0.39 is 24.5 Å². The van der Waals surface area contributed by atoms with E-state index in [1.807, 2.05) is 6.92 Å². The highest BCUT2D eigenvalue weighted by atomic mass is 32.1. The van der Waals surface area contributed by atoms with Gasteiger partial charge in [-0.3, -0.25) is 10.1 Å². The maximum atomic E-state index is 11.4. The van der Waals surface area contributed by atoms with Crippen LogP contribution < -0.4 is 15.4 Å². The number of thiophene rings is 1. The molecule has 20 heavy (non-hydrogen) atoms. The minimum absolute atomic E-state index is 0.0488. The first-order valence-electron chi connectivity index (χ1n) is 6.04. The monoisotopic (exact) mass is 300 g/mol. The number of carboxylic acids is 1. The number of hydrogen-bond acceptors (Lipinski definition) is 5. The molecule has 0 aliphatic carbocycles. The molecule has 3 N–H and O–H groups in total. The highest BCUT2D eigenvalue weighted by Gasteiger charge is 2.17. The summed E-state index contributed by atoms with van der Waals surface area (Å²) in [6.45, 7) is 3.59. The molecule has 0 aliphatic rings. The highest BCUT2D eigenvalue weighted by molar-refractivity contribution is 7.14. The Kier molecular flexibility index (Phi) is 5.98.